The third-order valence-corrected chi connectivity index (χ3v) is 9.34. The molecule has 56 heavy (non-hydrogen) atoms. The van der Waals surface area contributed by atoms with Gasteiger partial charge in [-0.15, -0.1) is 0 Å². The fourth-order valence-electron chi connectivity index (χ4n) is 6.58. The van der Waals surface area contributed by atoms with Crippen LogP contribution >= 0.6 is 0 Å². The molecule has 0 fully saturated rings. The van der Waals surface area contributed by atoms with Crippen molar-refractivity contribution >= 4 is 52.7 Å². The summed E-state index contributed by atoms with van der Waals surface area (Å²) in [6.07, 6.45) is 0.387. The monoisotopic (exact) mass is 780 g/mol. The van der Waals surface area contributed by atoms with E-state index >= 15 is 0 Å². The molecule has 0 aliphatic rings. The molecule has 0 saturated carbocycles. The average molecular weight is 781 g/mol. The first-order chi connectivity index (χ1) is 26.1. The summed E-state index contributed by atoms with van der Waals surface area (Å²) in [4.78, 5) is 80.0. The molecule has 1 heterocycles. The summed E-state index contributed by atoms with van der Waals surface area (Å²) >= 11 is 0. The number of aryl methyl sites for hydroxylation is 1. The number of rotatable bonds is 16. The Morgan fingerprint density at radius 3 is 2.14 bits per heavy atom. The Hall–Kier alpha value is -5.80. The molecule has 5 N–H and O–H groups in total. The van der Waals surface area contributed by atoms with E-state index < -0.39 is 71.1 Å². The molecule has 0 saturated heterocycles. The van der Waals surface area contributed by atoms with Crippen molar-refractivity contribution in [1.82, 2.24) is 20.1 Å². The van der Waals surface area contributed by atoms with Crippen LogP contribution in [0.25, 0.3) is 10.9 Å². The lowest BCUT2D eigenvalue weighted by Gasteiger charge is -2.37. The number of urea groups is 1. The second-order valence-corrected chi connectivity index (χ2v) is 15.5. The fraction of sp³-hybridized carbons (Fsp3) is 0.500. The first-order valence-electron chi connectivity index (χ1n) is 18.3. The molecule has 0 aliphatic carbocycles. The smallest absolute Gasteiger partial charge is 0.410 e. The second-order valence-electron chi connectivity index (χ2n) is 15.5. The molecule has 2 aromatic carbocycles. The third kappa shape index (κ3) is 11.1. The van der Waals surface area contributed by atoms with Gasteiger partial charge in [-0.1, -0.05) is 58.0 Å². The number of nitrogens with two attached hydrogens (primary N) is 1. The number of alkyl carbamates (subject to hydrolysis) is 1. The summed E-state index contributed by atoms with van der Waals surface area (Å²) < 4.78 is 18.1. The van der Waals surface area contributed by atoms with E-state index in [-0.39, 0.29) is 31.7 Å². The number of carbonyl (C=O) groups excluding carboxylic acids is 5. The van der Waals surface area contributed by atoms with Crippen molar-refractivity contribution in [3.8, 4) is 0 Å². The number of benzene rings is 2. The summed E-state index contributed by atoms with van der Waals surface area (Å²) in [6, 6.07) is 9.49. The number of methoxy groups -OCH3 is 1. The van der Waals surface area contributed by atoms with Gasteiger partial charge in [0.1, 0.15) is 30.3 Å². The van der Waals surface area contributed by atoms with Gasteiger partial charge < -0.3 is 40.3 Å². The molecule has 16 nitrogen and oxygen atoms in total. The van der Waals surface area contributed by atoms with Gasteiger partial charge in [0.25, 0.3) is 5.91 Å². The molecule has 3 rings (SSSR count). The van der Waals surface area contributed by atoms with Gasteiger partial charge in [-0.25, -0.2) is 24.0 Å². The molecule has 3 aromatic rings. The maximum Gasteiger partial charge on any atom is 0.410 e. The minimum Gasteiger partial charge on any atom is -0.480 e. The standard InChI is InChI=1S/C40H56N6O10/c1-24(2)31(43-37(52)56-39(3,4)5)33(47)46(30(34(48)49)16-13-21-42-36(41)51)26-19-17-25(18-20-26)23-55-38(53)45(9)32(35(50)54-10)40(6,7)28-22-44(8)29-15-12-11-14-27(28)29/h11-12,14-15,17-20,22,24,30-32H,13,16,21,23H2,1-10H3,(H,43,52)(H,48,49)(H3,41,42,51)/t30-,31-,32+/m0/s1. The van der Waals surface area contributed by atoms with Crippen LogP contribution in [-0.2, 0) is 47.7 Å². The number of carboxylic acid groups (broad SMARTS) is 1. The Bertz CT molecular complexity index is 1880. The largest absolute Gasteiger partial charge is 0.480 e. The lowest BCUT2D eigenvalue weighted by Crippen LogP contribution is -2.56. The van der Waals surface area contributed by atoms with Gasteiger partial charge in [-0.05, 0) is 68.9 Å². The molecule has 306 valence electrons. The number of likely N-dealkylation sites (N-methyl/N-ethyl adjacent to an activating group) is 1. The highest BCUT2D eigenvalue weighted by atomic mass is 16.6. The SMILES string of the molecule is COC(=O)[C@@H](N(C)C(=O)OCc1ccc(N(C(=O)[C@@H](NC(=O)OC(C)(C)C)C(C)C)[C@@H](CCCNC(N)=O)C(=O)O)cc1)C(C)(C)c1cn(C)c2ccccc12. The van der Waals surface area contributed by atoms with Crippen LogP contribution in [-0.4, -0.2) is 95.1 Å². The molecular weight excluding hydrogens is 724 g/mol. The summed E-state index contributed by atoms with van der Waals surface area (Å²) in [5, 5.41) is 16.3. The minimum atomic E-state index is -1.41. The molecular formula is C40H56N6O10. The molecule has 0 radical (unpaired) electrons. The normalized spacial score (nSPS) is 13.3. The zero-order chi connectivity index (χ0) is 42.1. The lowest BCUT2D eigenvalue weighted by molar-refractivity contribution is -0.148. The van der Waals surface area contributed by atoms with E-state index in [1.807, 2.05) is 55.9 Å². The second kappa shape index (κ2) is 18.7. The van der Waals surface area contributed by atoms with Crippen molar-refractivity contribution in [2.45, 2.75) is 97.1 Å². The summed E-state index contributed by atoms with van der Waals surface area (Å²) in [5.74, 6) is -3.12. The zero-order valence-corrected chi connectivity index (χ0v) is 33.9. The topological polar surface area (TPSA) is 212 Å². The first-order valence-corrected chi connectivity index (χ1v) is 18.3. The number of nitrogens with zero attached hydrogens (tertiary/aromatic N) is 3. The van der Waals surface area contributed by atoms with Crippen molar-refractivity contribution in [3.63, 3.8) is 0 Å². The van der Waals surface area contributed by atoms with Crippen molar-refractivity contribution in [3.05, 3.63) is 65.9 Å². The minimum absolute atomic E-state index is 0.0687. The number of esters is 1. The van der Waals surface area contributed by atoms with Crippen LogP contribution in [0, 0.1) is 5.92 Å². The van der Waals surface area contributed by atoms with E-state index in [0.717, 1.165) is 21.4 Å². The molecule has 16 heteroatoms. The number of aliphatic carboxylic acids is 1. The predicted molar refractivity (Wildman–Crippen MR) is 210 cm³/mol. The Morgan fingerprint density at radius 1 is 0.964 bits per heavy atom. The maximum atomic E-state index is 14.2. The summed E-state index contributed by atoms with van der Waals surface area (Å²) in [5.41, 5.74) is 5.88. The van der Waals surface area contributed by atoms with E-state index in [4.69, 9.17) is 19.9 Å². The number of hydrogen-bond acceptors (Lipinski definition) is 9. The predicted octanol–water partition coefficient (Wildman–Crippen LogP) is 5.05. The Balaban J connectivity index is 1.90. The van der Waals surface area contributed by atoms with E-state index in [9.17, 15) is 33.9 Å². The highest BCUT2D eigenvalue weighted by Gasteiger charge is 2.44. The molecule has 0 spiro atoms. The quantitative estimate of drug-likeness (QED) is 0.0863. The number of aromatic nitrogens is 1. The lowest BCUT2D eigenvalue weighted by atomic mass is 9.77. The number of anilines is 1. The van der Waals surface area contributed by atoms with Crippen LogP contribution in [0.1, 0.15) is 72.4 Å². The number of ether oxygens (including phenoxy) is 3. The van der Waals surface area contributed by atoms with Crippen molar-refractivity contribution in [1.29, 1.82) is 0 Å². The van der Waals surface area contributed by atoms with Crippen LogP contribution < -0.4 is 21.3 Å². The maximum absolute atomic E-state index is 14.2. The van der Waals surface area contributed by atoms with E-state index in [2.05, 4.69) is 10.6 Å². The Labute approximate surface area is 327 Å². The number of carboxylic acids is 1. The van der Waals surface area contributed by atoms with Crippen LogP contribution in [0.2, 0.25) is 0 Å². The van der Waals surface area contributed by atoms with Gasteiger partial charge in [-0.2, -0.15) is 0 Å². The number of carbonyl (C=O) groups is 6. The molecule has 0 aliphatic heterocycles. The van der Waals surface area contributed by atoms with E-state index in [1.165, 1.54) is 31.2 Å². The van der Waals surface area contributed by atoms with Crippen LogP contribution in [0.3, 0.4) is 0 Å². The van der Waals surface area contributed by atoms with Crippen molar-refractivity contribution < 1.29 is 48.1 Å². The summed E-state index contributed by atoms with van der Waals surface area (Å²) in [6.45, 7) is 12.0. The molecule has 3 atom stereocenters. The number of para-hydroxylation sites is 1. The van der Waals surface area contributed by atoms with Gasteiger partial charge in [0.2, 0.25) is 0 Å². The molecule has 0 bridgehead atoms. The van der Waals surface area contributed by atoms with Crippen LogP contribution in [0.15, 0.2) is 54.7 Å². The Kier molecular flexibility index (Phi) is 14.9. The highest BCUT2D eigenvalue weighted by molar-refractivity contribution is 6.03. The molecule has 0 unspecified atom stereocenters. The highest BCUT2D eigenvalue weighted by Crippen LogP contribution is 2.37. The number of hydrogen-bond donors (Lipinski definition) is 4. The van der Waals surface area contributed by atoms with Crippen LogP contribution in [0.4, 0.5) is 20.1 Å². The van der Waals surface area contributed by atoms with E-state index in [1.54, 1.807) is 46.8 Å². The van der Waals surface area contributed by atoms with Gasteiger partial charge in [0.15, 0.2) is 0 Å². The van der Waals surface area contributed by atoms with Gasteiger partial charge >= 0.3 is 30.2 Å². The number of amides is 5. The van der Waals surface area contributed by atoms with Crippen molar-refractivity contribution in [2.75, 3.05) is 25.6 Å². The average Bonchev–Trinajstić information content (AvgIpc) is 3.46. The van der Waals surface area contributed by atoms with Gasteiger partial charge in [-0.3, -0.25) is 14.6 Å². The first kappa shape index (κ1) is 44.6. The number of primary amides is 1. The zero-order valence-electron chi connectivity index (χ0n) is 33.9. The third-order valence-electron chi connectivity index (χ3n) is 9.34. The molecule has 1 aromatic heterocycles. The molecule has 5 amide bonds. The van der Waals surface area contributed by atoms with Gasteiger partial charge in [0.05, 0.1) is 7.11 Å². The fourth-order valence-corrected chi connectivity index (χ4v) is 6.58. The number of nitrogens with one attached hydrogen (secondary N) is 2. The van der Waals surface area contributed by atoms with Crippen LogP contribution in [0.5, 0.6) is 0 Å². The van der Waals surface area contributed by atoms with Crippen molar-refractivity contribution in [2.24, 2.45) is 18.7 Å². The summed E-state index contributed by atoms with van der Waals surface area (Å²) in [7, 11) is 4.63. The van der Waals surface area contributed by atoms with E-state index in [0.29, 0.717) is 5.56 Å². The number of fused-ring (bicyclic) bond motifs is 1. The van der Waals surface area contributed by atoms with Gasteiger partial charge in [0, 0.05) is 48.8 Å². The Morgan fingerprint density at radius 2 is 1.59 bits per heavy atom.